The van der Waals surface area contributed by atoms with Crippen molar-refractivity contribution in [2.45, 2.75) is 6.92 Å². The Morgan fingerprint density at radius 2 is 2.00 bits per heavy atom. The van der Waals surface area contributed by atoms with E-state index in [-0.39, 0.29) is 10.0 Å². The minimum atomic E-state index is -0.471. The maximum Gasteiger partial charge on any atom is 0.280 e. The van der Waals surface area contributed by atoms with Crippen LogP contribution < -0.4 is 4.90 Å². The van der Waals surface area contributed by atoms with Crippen molar-refractivity contribution in [1.29, 1.82) is 0 Å². The van der Waals surface area contributed by atoms with E-state index in [0.29, 0.717) is 27.7 Å². The van der Waals surface area contributed by atoms with Crippen LogP contribution in [0, 0.1) is 22.9 Å². The predicted octanol–water partition coefficient (Wildman–Crippen LogP) is 5.71. The van der Waals surface area contributed by atoms with Crippen LogP contribution in [0.2, 0.25) is 0 Å². The Balaban J connectivity index is 1.65. The number of aryl methyl sites for hydroxylation is 1. The Bertz CT molecular complexity index is 1240. The number of nitro benzene ring substituents is 1. The van der Waals surface area contributed by atoms with E-state index in [2.05, 4.69) is 0 Å². The number of furan rings is 1. The molecule has 0 aliphatic carbocycles. The van der Waals surface area contributed by atoms with Crippen molar-refractivity contribution in [3.8, 4) is 11.3 Å². The second-order valence-corrected chi connectivity index (χ2v) is 8.15. The molecule has 3 aromatic rings. The van der Waals surface area contributed by atoms with E-state index in [0.717, 1.165) is 17.3 Å². The first kappa shape index (κ1) is 20.0. The number of hydrogen-bond donors (Lipinski definition) is 0. The van der Waals surface area contributed by atoms with Crippen LogP contribution in [0.25, 0.3) is 17.4 Å². The smallest absolute Gasteiger partial charge is 0.280 e. The Morgan fingerprint density at radius 3 is 2.73 bits per heavy atom. The highest BCUT2D eigenvalue weighted by Gasteiger charge is 2.33. The van der Waals surface area contributed by atoms with Gasteiger partial charge in [-0.2, -0.15) is 0 Å². The highest BCUT2D eigenvalue weighted by Crippen LogP contribution is 2.37. The van der Waals surface area contributed by atoms with Gasteiger partial charge in [0.1, 0.15) is 17.3 Å². The molecule has 4 rings (SSSR count). The van der Waals surface area contributed by atoms with E-state index in [1.807, 2.05) is 0 Å². The molecule has 0 radical (unpaired) electrons. The summed E-state index contributed by atoms with van der Waals surface area (Å²) in [5.74, 6) is -0.205. The van der Waals surface area contributed by atoms with Gasteiger partial charge in [-0.05, 0) is 48.9 Å². The number of nitrogens with zero attached hydrogens (tertiary/aromatic N) is 2. The van der Waals surface area contributed by atoms with Gasteiger partial charge in [0.25, 0.3) is 11.6 Å². The lowest BCUT2D eigenvalue weighted by molar-refractivity contribution is -0.384. The minimum Gasteiger partial charge on any atom is -0.456 e. The molecule has 1 aliphatic heterocycles. The molecule has 30 heavy (non-hydrogen) atoms. The summed E-state index contributed by atoms with van der Waals surface area (Å²) in [5.41, 5.74) is 1.39. The molecule has 1 saturated heterocycles. The number of thiocarbonyl (C=S) groups is 1. The molecule has 2 heterocycles. The Labute approximate surface area is 180 Å². The van der Waals surface area contributed by atoms with Crippen molar-refractivity contribution >= 4 is 51.7 Å². The lowest BCUT2D eigenvalue weighted by Crippen LogP contribution is -2.27. The summed E-state index contributed by atoms with van der Waals surface area (Å²) in [5, 5.41) is 11.4. The SMILES string of the molecule is Cc1ccc(-c2ccc(/C=C3\SC(=S)N(c4cccc(F)c4)C3=O)o2)c([N+](=O)[O-])c1. The van der Waals surface area contributed by atoms with Crippen LogP contribution in [0.4, 0.5) is 15.8 Å². The fourth-order valence-electron chi connectivity index (χ4n) is 3.01. The summed E-state index contributed by atoms with van der Waals surface area (Å²) in [4.78, 5) is 25.2. The quantitative estimate of drug-likeness (QED) is 0.224. The van der Waals surface area contributed by atoms with Crippen molar-refractivity contribution in [2.75, 3.05) is 4.90 Å². The first-order valence-corrected chi connectivity index (χ1v) is 9.95. The Morgan fingerprint density at radius 1 is 1.20 bits per heavy atom. The number of amides is 1. The molecule has 0 saturated carbocycles. The van der Waals surface area contributed by atoms with Gasteiger partial charge in [0.05, 0.1) is 21.1 Å². The molecule has 0 N–H and O–H groups in total. The summed E-state index contributed by atoms with van der Waals surface area (Å²) >= 11 is 6.35. The second-order valence-electron chi connectivity index (χ2n) is 6.48. The van der Waals surface area contributed by atoms with Crippen molar-refractivity contribution < 1.29 is 18.5 Å². The molecular weight excluding hydrogens is 427 g/mol. The average Bonchev–Trinajstić information content (AvgIpc) is 3.26. The summed E-state index contributed by atoms with van der Waals surface area (Å²) in [6.45, 7) is 1.77. The molecule has 1 aliphatic rings. The molecule has 0 bridgehead atoms. The molecule has 0 atom stereocenters. The standard InChI is InChI=1S/C21H13FN2O4S2/c1-12-5-7-16(17(9-12)24(26)27)18-8-6-15(28-18)11-19-20(25)23(21(29)30-19)14-4-2-3-13(22)10-14/h2-11H,1H3/b19-11-. The van der Waals surface area contributed by atoms with Gasteiger partial charge in [-0.25, -0.2) is 4.39 Å². The van der Waals surface area contributed by atoms with Crippen molar-refractivity contribution in [3.63, 3.8) is 0 Å². The fourth-order valence-corrected chi connectivity index (χ4v) is 4.29. The van der Waals surface area contributed by atoms with Gasteiger partial charge in [-0.3, -0.25) is 19.8 Å². The number of anilines is 1. The van der Waals surface area contributed by atoms with Gasteiger partial charge in [0.15, 0.2) is 4.32 Å². The number of hydrogen-bond acceptors (Lipinski definition) is 6. The number of carbonyl (C=O) groups excluding carboxylic acids is 1. The van der Waals surface area contributed by atoms with Crippen LogP contribution in [-0.4, -0.2) is 15.2 Å². The minimum absolute atomic E-state index is 0.0617. The highest BCUT2D eigenvalue weighted by atomic mass is 32.2. The van der Waals surface area contributed by atoms with Gasteiger partial charge in [-0.1, -0.05) is 36.1 Å². The first-order chi connectivity index (χ1) is 14.3. The molecule has 0 spiro atoms. The summed E-state index contributed by atoms with van der Waals surface area (Å²) < 4.78 is 19.5. The number of carbonyl (C=O) groups is 1. The maximum atomic E-state index is 13.5. The zero-order valence-electron chi connectivity index (χ0n) is 15.5. The Hall–Kier alpha value is -3.30. The lowest BCUT2D eigenvalue weighted by Gasteiger charge is -2.14. The molecule has 0 unspecified atom stereocenters. The molecule has 150 valence electrons. The van der Waals surface area contributed by atoms with E-state index in [9.17, 15) is 19.3 Å². The number of nitro groups is 1. The monoisotopic (exact) mass is 440 g/mol. The van der Waals surface area contributed by atoms with Crippen LogP contribution in [0.3, 0.4) is 0 Å². The number of benzene rings is 2. The number of rotatable bonds is 4. The average molecular weight is 440 g/mol. The lowest BCUT2D eigenvalue weighted by atomic mass is 10.1. The van der Waals surface area contributed by atoms with Gasteiger partial charge >= 0.3 is 0 Å². The molecule has 6 nitrogen and oxygen atoms in total. The zero-order chi connectivity index (χ0) is 21.4. The van der Waals surface area contributed by atoms with Crippen LogP contribution in [-0.2, 0) is 4.79 Å². The van der Waals surface area contributed by atoms with E-state index >= 15 is 0 Å². The normalized spacial score (nSPS) is 15.3. The van der Waals surface area contributed by atoms with E-state index in [1.165, 1.54) is 35.2 Å². The van der Waals surface area contributed by atoms with Crippen LogP contribution >= 0.6 is 24.0 Å². The van der Waals surface area contributed by atoms with Gasteiger partial charge in [0.2, 0.25) is 0 Å². The Kier molecular flexibility index (Phi) is 5.23. The number of thioether (sulfide) groups is 1. The van der Waals surface area contributed by atoms with Crippen LogP contribution in [0.5, 0.6) is 0 Å². The summed E-state index contributed by atoms with van der Waals surface area (Å²) in [6, 6.07) is 13.7. The van der Waals surface area contributed by atoms with Gasteiger partial charge in [-0.15, -0.1) is 0 Å². The largest absolute Gasteiger partial charge is 0.456 e. The van der Waals surface area contributed by atoms with Crippen LogP contribution in [0.1, 0.15) is 11.3 Å². The van der Waals surface area contributed by atoms with E-state index in [4.69, 9.17) is 16.6 Å². The molecule has 1 fully saturated rings. The highest BCUT2D eigenvalue weighted by molar-refractivity contribution is 8.27. The van der Waals surface area contributed by atoms with Gasteiger partial charge < -0.3 is 4.42 Å². The zero-order valence-corrected chi connectivity index (χ0v) is 17.1. The second kappa shape index (κ2) is 7.85. The molecule has 1 amide bonds. The molecule has 1 aromatic heterocycles. The van der Waals surface area contributed by atoms with E-state index < -0.39 is 16.6 Å². The molecule has 2 aromatic carbocycles. The van der Waals surface area contributed by atoms with Gasteiger partial charge in [0, 0.05) is 12.1 Å². The predicted molar refractivity (Wildman–Crippen MR) is 118 cm³/mol. The van der Waals surface area contributed by atoms with Crippen molar-refractivity contribution in [1.82, 2.24) is 0 Å². The molecular formula is C21H13FN2O4S2. The third kappa shape index (κ3) is 3.77. The van der Waals surface area contributed by atoms with E-state index in [1.54, 1.807) is 37.3 Å². The maximum absolute atomic E-state index is 13.5. The first-order valence-electron chi connectivity index (χ1n) is 8.72. The van der Waals surface area contributed by atoms with Crippen LogP contribution in [0.15, 0.2) is 63.9 Å². The third-order valence-electron chi connectivity index (χ3n) is 4.38. The molecule has 9 heteroatoms. The fraction of sp³-hybridized carbons (Fsp3) is 0.0476. The third-order valence-corrected chi connectivity index (χ3v) is 5.68. The topological polar surface area (TPSA) is 76.6 Å². The van der Waals surface area contributed by atoms with Crippen molar-refractivity contribution in [3.05, 3.63) is 86.8 Å². The summed E-state index contributed by atoms with van der Waals surface area (Å²) in [7, 11) is 0. The van der Waals surface area contributed by atoms with Crippen molar-refractivity contribution in [2.24, 2.45) is 0 Å². The number of halogens is 1. The summed E-state index contributed by atoms with van der Waals surface area (Å²) in [6.07, 6.45) is 1.52.